The summed E-state index contributed by atoms with van der Waals surface area (Å²) in [5, 5.41) is 11.2. The van der Waals surface area contributed by atoms with Crippen LogP contribution in [0.25, 0.3) is 0 Å². The summed E-state index contributed by atoms with van der Waals surface area (Å²) in [6.45, 7) is 8.35. The second-order valence-electron chi connectivity index (χ2n) is 5.71. The van der Waals surface area contributed by atoms with Crippen LogP contribution >= 0.6 is 11.3 Å². The molecule has 2 rings (SSSR count). The van der Waals surface area contributed by atoms with E-state index in [1.807, 2.05) is 32.0 Å². The minimum atomic E-state index is -0.821. The van der Waals surface area contributed by atoms with E-state index in [1.165, 1.54) is 5.56 Å². The molecule has 0 aliphatic heterocycles. The van der Waals surface area contributed by atoms with E-state index in [0.717, 1.165) is 34.2 Å². The molecule has 21 heavy (non-hydrogen) atoms. The van der Waals surface area contributed by atoms with Crippen LogP contribution in [0.15, 0.2) is 24.3 Å². The predicted molar refractivity (Wildman–Crippen MR) is 87.1 cm³/mol. The van der Waals surface area contributed by atoms with Gasteiger partial charge in [-0.15, -0.1) is 11.3 Å². The van der Waals surface area contributed by atoms with Crippen molar-refractivity contribution >= 4 is 11.3 Å². The molecule has 3 nitrogen and oxygen atoms in total. The van der Waals surface area contributed by atoms with Gasteiger partial charge in [-0.25, -0.2) is 4.98 Å². The minimum Gasteiger partial charge on any atom is -0.493 e. The highest BCUT2D eigenvalue weighted by Crippen LogP contribution is 2.30. The van der Waals surface area contributed by atoms with Gasteiger partial charge in [-0.05, 0) is 44.9 Å². The molecule has 1 N–H and O–H groups in total. The summed E-state index contributed by atoms with van der Waals surface area (Å²) in [4.78, 5) is 5.59. The third kappa shape index (κ3) is 4.29. The number of nitrogens with zero attached hydrogens (tertiary/aromatic N) is 1. The molecule has 0 bridgehead atoms. The van der Waals surface area contributed by atoms with Crippen molar-refractivity contribution in [3.05, 3.63) is 45.4 Å². The van der Waals surface area contributed by atoms with E-state index in [2.05, 4.69) is 24.9 Å². The van der Waals surface area contributed by atoms with Gasteiger partial charge < -0.3 is 9.84 Å². The van der Waals surface area contributed by atoms with E-state index >= 15 is 0 Å². The van der Waals surface area contributed by atoms with Crippen molar-refractivity contribution in [2.24, 2.45) is 0 Å². The van der Waals surface area contributed by atoms with Crippen LogP contribution in [0.3, 0.4) is 0 Å². The first-order valence-electron chi connectivity index (χ1n) is 7.31. The fourth-order valence-electron chi connectivity index (χ4n) is 2.19. The number of benzene rings is 1. The van der Waals surface area contributed by atoms with Crippen molar-refractivity contribution in [1.82, 2.24) is 4.98 Å². The number of rotatable bonds is 6. The number of hydrogen-bond donors (Lipinski definition) is 1. The summed E-state index contributed by atoms with van der Waals surface area (Å²) in [7, 11) is 0. The molecule has 2 aromatic rings. The Balaban J connectivity index is 1.99. The molecular formula is C17H23NO2S. The van der Waals surface area contributed by atoms with E-state index in [1.54, 1.807) is 11.3 Å². The number of aromatic nitrogens is 1. The average molecular weight is 305 g/mol. The quantitative estimate of drug-likeness (QED) is 0.881. The maximum atomic E-state index is 10.2. The zero-order valence-electron chi connectivity index (χ0n) is 13.1. The lowest BCUT2D eigenvalue weighted by Gasteiger charge is -2.15. The molecule has 0 spiro atoms. The molecule has 4 heteroatoms. The summed E-state index contributed by atoms with van der Waals surface area (Å²) >= 11 is 1.59. The van der Waals surface area contributed by atoms with Crippen LogP contribution in [0, 0.1) is 6.92 Å². The summed E-state index contributed by atoms with van der Waals surface area (Å²) in [5.74, 6) is 0.894. The van der Waals surface area contributed by atoms with Crippen LogP contribution in [0.1, 0.15) is 41.9 Å². The number of aliphatic hydroxyl groups is 1. The summed E-state index contributed by atoms with van der Waals surface area (Å²) < 4.78 is 5.76. The van der Waals surface area contributed by atoms with Crippen molar-refractivity contribution in [3.63, 3.8) is 0 Å². The molecule has 0 unspecified atom stereocenters. The SMILES string of the molecule is CCc1nc(CCOc2cccc(C)c2)sc1C(C)(C)O. The van der Waals surface area contributed by atoms with Gasteiger partial charge >= 0.3 is 0 Å². The Labute approximate surface area is 130 Å². The second kappa shape index (κ2) is 6.58. The molecule has 0 saturated heterocycles. The van der Waals surface area contributed by atoms with Crippen molar-refractivity contribution in [3.8, 4) is 5.75 Å². The molecule has 1 aromatic carbocycles. The van der Waals surface area contributed by atoms with Crippen LogP contribution in [0.5, 0.6) is 5.75 Å². The maximum Gasteiger partial charge on any atom is 0.119 e. The van der Waals surface area contributed by atoms with Gasteiger partial charge in [0, 0.05) is 6.42 Å². The highest BCUT2D eigenvalue weighted by molar-refractivity contribution is 7.11. The molecule has 0 aliphatic rings. The Morgan fingerprint density at radius 1 is 1.33 bits per heavy atom. The van der Waals surface area contributed by atoms with E-state index < -0.39 is 5.60 Å². The lowest BCUT2D eigenvalue weighted by molar-refractivity contribution is 0.0814. The first-order chi connectivity index (χ1) is 9.90. The Kier molecular flexibility index (Phi) is 5.01. The number of ether oxygens (including phenoxy) is 1. The monoisotopic (exact) mass is 305 g/mol. The summed E-state index contributed by atoms with van der Waals surface area (Å²) in [5.41, 5.74) is 1.37. The number of thiazole rings is 1. The van der Waals surface area contributed by atoms with E-state index in [4.69, 9.17) is 4.74 Å². The zero-order valence-corrected chi connectivity index (χ0v) is 14.0. The molecule has 0 saturated carbocycles. The molecular weight excluding hydrogens is 282 g/mol. The first kappa shape index (κ1) is 16.0. The molecule has 114 valence electrons. The van der Waals surface area contributed by atoms with Crippen molar-refractivity contribution < 1.29 is 9.84 Å². The molecule has 0 amide bonds. The van der Waals surface area contributed by atoms with E-state index in [-0.39, 0.29) is 0 Å². The largest absolute Gasteiger partial charge is 0.493 e. The number of hydrogen-bond acceptors (Lipinski definition) is 4. The molecule has 0 aliphatic carbocycles. The van der Waals surface area contributed by atoms with Crippen LogP contribution < -0.4 is 4.74 Å². The van der Waals surface area contributed by atoms with Gasteiger partial charge in [0.05, 0.1) is 27.8 Å². The predicted octanol–water partition coefficient (Wildman–Crippen LogP) is 3.86. The van der Waals surface area contributed by atoms with Crippen molar-refractivity contribution in [1.29, 1.82) is 0 Å². The molecule has 1 heterocycles. The Morgan fingerprint density at radius 2 is 2.10 bits per heavy atom. The topological polar surface area (TPSA) is 42.4 Å². The van der Waals surface area contributed by atoms with Crippen LogP contribution in [0.2, 0.25) is 0 Å². The van der Waals surface area contributed by atoms with Crippen molar-refractivity contribution in [2.45, 2.75) is 46.1 Å². The standard InChI is InChI=1S/C17H23NO2S/c1-5-14-16(17(3,4)19)21-15(18-14)9-10-20-13-8-6-7-12(2)11-13/h6-8,11,19H,5,9-10H2,1-4H3. The maximum absolute atomic E-state index is 10.2. The lowest BCUT2D eigenvalue weighted by Crippen LogP contribution is -2.15. The van der Waals surface area contributed by atoms with E-state index in [9.17, 15) is 5.11 Å². The molecule has 0 radical (unpaired) electrons. The Bertz CT molecular complexity index is 599. The molecule has 0 atom stereocenters. The minimum absolute atomic E-state index is 0.603. The normalized spacial score (nSPS) is 11.7. The van der Waals surface area contributed by atoms with Crippen molar-refractivity contribution in [2.75, 3.05) is 6.61 Å². The van der Waals surface area contributed by atoms with Gasteiger partial charge in [0.2, 0.25) is 0 Å². The van der Waals surface area contributed by atoms with Crippen LogP contribution in [-0.2, 0) is 18.4 Å². The van der Waals surface area contributed by atoms with Gasteiger partial charge in [0.1, 0.15) is 5.75 Å². The highest BCUT2D eigenvalue weighted by atomic mass is 32.1. The van der Waals surface area contributed by atoms with Gasteiger partial charge in [-0.1, -0.05) is 19.1 Å². The smallest absolute Gasteiger partial charge is 0.119 e. The molecule has 0 fully saturated rings. The third-order valence-electron chi connectivity index (χ3n) is 3.21. The van der Waals surface area contributed by atoms with Gasteiger partial charge in [0.15, 0.2) is 0 Å². The second-order valence-corrected chi connectivity index (χ2v) is 6.79. The molecule has 1 aromatic heterocycles. The van der Waals surface area contributed by atoms with Gasteiger partial charge in [-0.2, -0.15) is 0 Å². The van der Waals surface area contributed by atoms with Crippen LogP contribution in [0.4, 0.5) is 0 Å². The first-order valence-corrected chi connectivity index (χ1v) is 8.12. The fraction of sp³-hybridized carbons (Fsp3) is 0.471. The van der Waals surface area contributed by atoms with Crippen LogP contribution in [-0.4, -0.2) is 16.7 Å². The average Bonchev–Trinajstić information content (AvgIpc) is 2.82. The van der Waals surface area contributed by atoms with Gasteiger partial charge in [0.25, 0.3) is 0 Å². The Morgan fingerprint density at radius 3 is 2.67 bits per heavy atom. The summed E-state index contributed by atoms with van der Waals surface area (Å²) in [6.07, 6.45) is 1.61. The summed E-state index contributed by atoms with van der Waals surface area (Å²) in [6, 6.07) is 8.04. The third-order valence-corrected chi connectivity index (χ3v) is 4.68. The van der Waals surface area contributed by atoms with E-state index in [0.29, 0.717) is 6.61 Å². The Hall–Kier alpha value is -1.39. The zero-order chi connectivity index (χ0) is 15.5. The van der Waals surface area contributed by atoms with Gasteiger partial charge in [-0.3, -0.25) is 0 Å². The lowest BCUT2D eigenvalue weighted by atomic mass is 10.1. The highest BCUT2D eigenvalue weighted by Gasteiger charge is 2.23. The number of aryl methyl sites for hydroxylation is 2. The fourth-order valence-corrected chi connectivity index (χ4v) is 3.32.